The minimum Gasteiger partial charge on any atom is -0.492 e. The van der Waals surface area contributed by atoms with E-state index in [9.17, 15) is 14.4 Å². The Kier molecular flexibility index (Phi) is 5.30. The number of fused-ring (bicyclic) bond motifs is 2. The fraction of sp³-hybridized carbons (Fsp3) is 0.250. The van der Waals surface area contributed by atoms with E-state index in [1.165, 1.54) is 34.6 Å². The Balaban J connectivity index is 1.43. The van der Waals surface area contributed by atoms with Gasteiger partial charge in [0.05, 0.1) is 7.11 Å². The van der Waals surface area contributed by atoms with E-state index < -0.39 is 11.3 Å². The highest BCUT2D eigenvalue weighted by molar-refractivity contribution is 8.04. The van der Waals surface area contributed by atoms with Gasteiger partial charge in [0.2, 0.25) is 0 Å². The van der Waals surface area contributed by atoms with Crippen LogP contribution in [0.5, 0.6) is 5.75 Å². The lowest BCUT2D eigenvalue weighted by Gasteiger charge is -2.24. The van der Waals surface area contributed by atoms with E-state index >= 15 is 0 Å². The van der Waals surface area contributed by atoms with E-state index in [0.29, 0.717) is 17.1 Å². The number of nitrogens with one attached hydrogen (secondary N) is 1. The quantitative estimate of drug-likeness (QED) is 0.710. The van der Waals surface area contributed by atoms with Crippen LogP contribution < -0.4 is 15.0 Å². The predicted molar refractivity (Wildman–Crippen MR) is 124 cm³/mol. The molecule has 1 unspecified atom stereocenters. The van der Waals surface area contributed by atoms with Crippen LogP contribution in [0.2, 0.25) is 0 Å². The Labute approximate surface area is 189 Å². The van der Waals surface area contributed by atoms with Crippen molar-refractivity contribution in [3.63, 3.8) is 0 Å². The largest absolute Gasteiger partial charge is 0.506 e. The first kappa shape index (κ1) is 20.5. The van der Waals surface area contributed by atoms with Crippen molar-refractivity contribution in [2.24, 2.45) is 0 Å². The monoisotopic (exact) mass is 448 g/mol. The van der Waals surface area contributed by atoms with Crippen molar-refractivity contribution in [1.82, 2.24) is 0 Å². The second-order valence-electron chi connectivity index (χ2n) is 7.84. The van der Waals surface area contributed by atoms with Crippen molar-refractivity contribution >= 4 is 46.7 Å². The Hall–Kier alpha value is -3.39. The SMILES string of the molecule is COc1ccccc1N1C(=O)C2SC=CC2=[N+](CC(=O)Nc2ccc3c(c2)CCC3)C1=O. The first-order valence-corrected chi connectivity index (χ1v) is 11.4. The van der Waals surface area contributed by atoms with E-state index in [1.54, 1.807) is 35.7 Å². The van der Waals surface area contributed by atoms with Crippen molar-refractivity contribution in [2.75, 3.05) is 23.9 Å². The van der Waals surface area contributed by atoms with Crippen LogP contribution in [0, 0.1) is 0 Å². The standard InChI is InChI=1S/C24H21N3O4S/c1-31-20-8-3-2-7-18(20)27-23(29)22-19(11-12-32-22)26(24(27)30)14-21(28)25-17-10-9-15-5-4-6-16(15)13-17/h2-3,7-13,22H,4-6,14H2,1H3/p+1. The maximum atomic E-state index is 13.4. The van der Waals surface area contributed by atoms with Gasteiger partial charge in [-0.3, -0.25) is 4.79 Å². The van der Waals surface area contributed by atoms with Crippen LogP contribution in [0.4, 0.5) is 16.2 Å². The van der Waals surface area contributed by atoms with Gasteiger partial charge in [-0.15, -0.1) is 16.7 Å². The molecule has 0 saturated carbocycles. The number of anilines is 2. The molecule has 2 aromatic carbocycles. The summed E-state index contributed by atoms with van der Waals surface area (Å²) in [6.45, 7) is -0.189. The minimum absolute atomic E-state index is 0.189. The van der Waals surface area contributed by atoms with Gasteiger partial charge in [0.25, 0.3) is 5.91 Å². The summed E-state index contributed by atoms with van der Waals surface area (Å²) >= 11 is 1.32. The van der Waals surface area contributed by atoms with Gasteiger partial charge in [-0.25, -0.2) is 4.79 Å². The molecular formula is C24H22N3O4S+. The topological polar surface area (TPSA) is 78.7 Å². The Morgan fingerprint density at radius 3 is 2.84 bits per heavy atom. The van der Waals surface area contributed by atoms with Crippen LogP contribution in [0.15, 0.2) is 53.9 Å². The number of amides is 4. The van der Waals surface area contributed by atoms with E-state index in [4.69, 9.17) is 4.74 Å². The summed E-state index contributed by atoms with van der Waals surface area (Å²) in [5.74, 6) is -0.252. The molecule has 162 valence electrons. The van der Waals surface area contributed by atoms with Gasteiger partial charge in [0.1, 0.15) is 5.71 Å². The zero-order chi connectivity index (χ0) is 22.2. The van der Waals surface area contributed by atoms with Crippen LogP contribution in [-0.2, 0) is 22.4 Å². The number of para-hydroxylation sites is 2. The van der Waals surface area contributed by atoms with Crippen LogP contribution in [0.3, 0.4) is 0 Å². The number of rotatable bonds is 5. The van der Waals surface area contributed by atoms with E-state index in [0.717, 1.165) is 29.8 Å². The van der Waals surface area contributed by atoms with Gasteiger partial charge >= 0.3 is 11.9 Å². The van der Waals surface area contributed by atoms with Crippen LogP contribution >= 0.6 is 11.8 Å². The number of nitrogens with zero attached hydrogens (tertiary/aromatic N) is 2. The molecule has 0 saturated heterocycles. The maximum absolute atomic E-state index is 13.4. The molecule has 8 heteroatoms. The molecule has 3 aliphatic rings. The number of hydrogen-bond acceptors (Lipinski definition) is 5. The number of ether oxygens (including phenoxy) is 1. The average Bonchev–Trinajstić information content (AvgIpc) is 3.46. The second kappa shape index (κ2) is 8.27. The molecule has 1 N–H and O–H groups in total. The van der Waals surface area contributed by atoms with Gasteiger partial charge in [0, 0.05) is 5.69 Å². The van der Waals surface area contributed by atoms with Gasteiger partial charge in [0.15, 0.2) is 23.2 Å². The third-order valence-electron chi connectivity index (χ3n) is 5.91. The molecule has 0 aromatic heterocycles. The van der Waals surface area contributed by atoms with Gasteiger partial charge in [-0.1, -0.05) is 18.2 Å². The van der Waals surface area contributed by atoms with Crippen molar-refractivity contribution < 1.29 is 23.7 Å². The lowest BCUT2D eigenvalue weighted by atomic mass is 10.1. The fourth-order valence-corrected chi connectivity index (χ4v) is 5.33. The number of carbonyl (C=O) groups is 3. The molecule has 1 atom stereocenters. The molecule has 5 rings (SSSR count). The average molecular weight is 449 g/mol. The Morgan fingerprint density at radius 1 is 1.19 bits per heavy atom. The third kappa shape index (κ3) is 3.50. The zero-order valence-electron chi connectivity index (χ0n) is 17.5. The molecule has 1 aliphatic carbocycles. The normalized spacial score (nSPS) is 19.3. The molecule has 0 spiro atoms. The summed E-state index contributed by atoms with van der Waals surface area (Å²) in [6.07, 6.45) is 4.95. The third-order valence-corrected chi connectivity index (χ3v) is 6.92. The van der Waals surface area contributed by atoms with Crippen molar-refractivity contribution in [1.29, 1.82) is 0 Å². The molecule has 0 fully saturated rings. The molecule has 0 radical (unpaired) electrons. The summed E-state index contributed by atoms with van der Waals surface area (Å²) in [5.41, 5.74) is 4.19. The fourth-order valence-electron chi connectivity index (χ4n) is 4.39. The summed E-state index contributed by atoms with van der Waals surface area (Å²) < 4.78 is 6.74. The molecule has 2 aliphatic heterocycles. The van der Waals surface area contributed by atoms with E-state index in [-0.39, 0.29) is 18.4 Å². The maximum Gasteiger partial charge on any atom is 0.506 e. The number of hydrogen-bond donors (Lipinski definition) is 1. The van der Waals surface area contributed by atoms with Gasteiger partial charge < -0.3 is 10.1 Å². The first-order valence-electron chi connectivity index (χ1n) is 10.5. The molecule has 0 bridgehead atoms. The van der Waals surface area contributed by atoms with E-state index in [2.05, 4.69) is 5.32 Å². The molecule has 2 aromatic rings. The number of methoxy groups -OCH3 is 1. The summed E-state index contributed by atoms with van der Waals surface area (Å²) in [6, 6.07) is 12.2. The van der Waals surface area contributed by atoms with Gasteiger partial charge in [-0.05, 0) is 66.1 Å². The number of urea groups is 1. The van der Waals surface area contributed by atoms with Crippen LogP contribution in [0.25, 0.3) is 0 Å². The number of imide groups is 1. The predicted octanol–water partition coefficient (Wildman–Crippen LogP) is 3.37. The second-order valence-corrected chi connectivity index (χ2v) is 8.86. The molecule has 4 amide bonds. The molecule has 2 heterocycles. The lowest BCUT2D eigenvalue weighted by Crippen LogP contribution is -2.56. The Morgan fingerprint density at radius 2 is 2.00 bits per heavy atom. The summed E-state index contributed by atoms with van der Waals surface area (Å²) in [5, 5.41) is 4.10. The van der Waals surface area contributed by atoms with Crippen LogP contribution in [-0.4, -0.2) is 47.0 Å². The number of thioether (sulfide) groups is 1. The van der Waals surface area contributed by atoms with Gasteiger partial charge in [-0.2, -0.15) is 9.37 Å². The zero-order valence-corrected chi connectivity index (χ0v) is 18.4. The summed E-state index contributed by atoms with van der Waals surface area (Å²) in [7, 11) is 1.49. The number of benzene rings is 2. The van der Waals surface area contributed by atoms with Crippen molar-refractivity contribution in [2.45, 2.75) is 24.5 Å². The highest BCUT2D eigenvalue weighted by Crippen LogP contribution is 2.35. The Bertz CT molecular complexity index is 1200. The van der Waals surface area contributed by atoms with Crippen molar-refractivity contribution in [3.8, 4) is 5.75 Å². The number of carbonyl (C=O) groups excluding carboxylic acids is 3. The number of allylic oxidation sites excluding steroid dienone is 1. The van der Waals surface area contributed by atoms with E-state index in [1.807, 2.05) is 18.2 Å². The lowest BCUT2D eigenvalue weighted by molar-refractivity contribution is -0.414. The van der Waals surface area contributed by atoms with Crippen LogP contribution in [0.1, 0.15) is 17.5 Å². The molecule has 7 nitrogen and oxygen atoms in total. The number of aryl methyl sites for hydroxylation is 2. The molecular weight excluding hydrogens is 426 g/mol. The highest BCUT2D eigenvalue weighted by Gasteiger charge is 2.51. The molecule has 32 heavy (non-hydrogen) atoms. The smallest absolute Gasteiger partial charge is 0.492 e. The first-order chi connectivity index (χ1) is 15.6. The summed E-state index contributed by atoms with van der Waals surface area (Å²) in [4.78, 5) is 40.6. The minimum atomic E-state index is -0.578. The highest BCUT2D eigenvalue weighted by atomic mass is 32.2. The van der Waals surface area contributed by atoms with Crippen molar-refractivity contribution in [3.05, 3.63) is 65.1 Å².